The molecular weight excluding hydrogens is 235 g/mol. The van der Waals surface area contributed by atoms with Crippen LogP contribution in [0.25, 0.3) is 0 Å². The Labute approximate surface area is 120 Å². The molecule has 0 spiro atoms. The Morgan fingerprint density at radius 3 is 0.714 bits per heavy atom. The zero-order valence-corrected chi connectivity index (χ0v) is 9.26. The quantitative estimate of drug-likeness (QED) is 0.226. The normalized spacial score (nSPS) is 3.43. The van der Waals surface area contributed by atoms with Gasteiger partial charge in [-0.2, -0.15) is 0 Å². The monoisotopic (exact) mass is 244 g/mol. The molecule has 0 fully saturated rings. The molecule has 0 heterocycles. The average molecular weight is 244 g/mol. The first kappa shape index (κ1) is 65.0. The first-order valence-electron chi connectivity index (χ1n) is 1.10. The van der Waals surface area contributed by atoms with E-state index >= 15 is 0 Å². The molecule has 0 amide bonds. The zero-order chi connectivity index (χ0) is 7.15. The van der Waals surface area contributed by atoms with Gasteiger partial charge in [0.25, 0.3) is 0 Å². The smallest absolute Gasteiger partial charge is 1.00 e. The van der Waals surface area contributed by atoms with Crippen LogP contribution in [-0.2, 0) is 0 Å². The fraction of sp³-hybridized carbons (Fsp3) is 0. The molecule has 0 aliphatic carbocycles. The van der Waals surface area contributed by atoms with Crippen LogP contribution in [0.2, 0.25) is 0 Å². The van der Waals surface area contributed by atoms with Crippen LogP contribution >= 0.6 is 0 Å². The second-order valence-corrected chi connectivity index (χ2v) is 0.447. The number of nitrogens with zero attached hydrogens (tertiary/aromatic N) is 2. The van der Waals surface area contributed by atoms with Crippen LogP contribution in [-0.4, -0.2) is 69.8 Å². The molecule has 0 radical (unpaired) electrons. The molecule has 0 aliphatic heterocycles. The molecule has 0 aromatic heterocycles. The molecule has 8 N–H and O–H groups in total. The maximum atomic E-state index is 8.25. The van der Waals surface area contributed by atoms with E-state index in [-0.39, 0.29) is 79.9 Å². The zero-order valence-electron chi connectivity index (χ0n) is 8.05. The van der Waals surface area contributed by atoms with Crippen LogP contribution in [0.15, 0.2) is 0 Å². The van der Waals surface area contributed by atoms with Gasteiger partial charge in [-0.3, -0.25) is 0 Å². The van der Waals surface area contributed by atoms with E-state index < -0.39 is 10.2 Å². The van der Waals surface area contributed by atoms with E-state index in [1.54, 1.807) is 0 Å². The molecule has 0 rings (SSSR count). The molecule has 0 unspecified atom stereocenters. The number of rotatable bonds is 0. The van der Waals surface area contributed by atoms with Crippen molar-refractivity contribution in [2.24, 2.45) is 0 Å². The molecule has 0 atom stereocenters. The van der Waals surface area contributed by atoms with Crippen LogP contribution in [0.4, 0.5) is 0 Å². The molecule has 0 bridgehead atoms. The summed E-state index contributed by atoms with van der Waals surface area (Å²) >= 11 is 0. The Morgan fingerprint density at radius 1 is 0.714 bits per heavy atom. The van der Waals surface area contributed by atoms with Crippen molar-refractivity contribution in [3.63, 3.8) is 0 Å². The minimum absolute atomic E-state index is 0. The third kappa shape index (κ3) is 158000. The maximum absolute atomic E-state index is 8.25. The average Bonchev–Trinajstić information content (AvgIpc) is 1.25. The predicted molar refractivity (Wildman–Crippen MR) is 42.0 cm³/mol. The van der Waals surface area contributed by atoms with E-state index in [1.807, 2.05) is 0 Å². The molecule has 0 saturated carbocycles. The Balaban J connectivity index is -0.00000000468. The largest absolute Gasteiger partial charge is 2.00 e. The second kappa shape index (κ2) is 51.6. The van der Waals surface area contributed by atoms with Crippen molar-refractivity contribution >= 4 is 37.7 Å². The summed E-state index contributed by atoms with van der Waals surface area (Å²) in [7, 11) is 0. The summed E-state index contributed by atoms with van der Waals surface area (Å²) in [6.45, 7) is 0. The SMILES string of the molecule is O.O.O.O.O=[N+]([O-])[O-].O=[N+]([O-])[O-].[Ca+2].[H-].[Li+]. The van der Waals surface area contributed by atoms with Gasteiger partial charge in [0, 0.05) is 0 Å². The van der Waals surface area contributed by atoms with Gasteiger partial charge >= 0.3 is 56.6 Å². The summed E-state index contributed by atoms with van der Waals surface area (Å²) in [5, 5.41) is 29.5. The van der Waals surface area contributed by atoms with E-state index in [0.29, 0.717) is 0 Å². The van der Waals surface area contributed by atoms with E-state index in [9.17, 15) is 0 Å². The van der Waals surface area contributed by atoms with Gasteiger partial charge in [-0.25, -0.2) is 0 Å². The third-order valence-electron chi connectivity index (χ3n) is 0. The molecule has 12 nitrogen and oxygen atoms in total. The van der Waals surface area contributed by atoms with Crippen LogP contribution in [0.1, 0.15) is 1.43 Å². The first-order valence-corrected chi connectivity index (χ1v) is 1.10. The van der Waals surface area contributed by atoms with Gasteiger partial charge in [0.2, 0.25) is 0 Å². The van der Waals surface area contributed by atoms with Crippen LogP contribution in [0.5, 0.6) is 0 Å². The standard InChI is InChI=1S/Ca.Li.2NO3.4H2O.H/c;;2*2-1(3)4;;;;;/h;;;;4*1H2;/q+2;+1;2*-1;;;;;-1. The van der Waals surface area contributed by atoms with Crippen molar-refractivity contribution in [2.75, 3.05) is 0 Å². The Bertz CT molecular complexity index is 81.4. The van der Waals surface area contributed by atoms with Crippen molar-refractivity contribution in [1.29, 1.82) is 0 Å². The summed E-state index contributed by atoms with van der Waals surface area (Å²) in [4.78, 5) is 16.5. The molecule has 0 aromatic rings. The fourth-order valence-electron chi connectivity index (χ4n) is 0. The molecule has 0 aromatic carbocycles. The number of hydrogen-bond donors (Lipinski definition) is 0. The first-order chi connectivity index (χ1) is 3.46. The van der Waals surface area contributed by atoms with Crippen LogP contribution < -0.4 is 18.9 Å². The predicted octanol–water partition coefficient (Wildman–Crippen LogP) is -7.04. The molecule has 14 heavy (non-hydrogen) atoms. The van der Waals surface area contributed by atoms with Crippen LogP contribution in [0.3, 0.4) is 0 Å². The summed E-state index contributed by atoms with van der Waals surface area (Å²) in [6.07, 6.45) is 0. The minimum Gasteiger partial charge on any atom is -1.00 e. The van der Waals surface area contributed by atoms with E-state index in [2.05, 4.69) is 0 Å². The van der Waals surface area contributed by atoms with E-state index in [4.69, 9.17) is 30.6 Å². The molecule has 0 saturated heterocycles. The van der Waals surface area contributed by atoms with Gasteiger partial charge in [-0.1, -0.05) is 0 Å². The third-order valence-corrected chi connectivity index (χ3v) is 0. The van der Waals surface area contributed by atoms with Gasteiger partial charge < -0.3 is 54.0 Å². The van der Waals surface area contributed by atoms with Crippen LogP contribution in [0, 0.1) is 30.6 Å². The van der Waals surface area contributed by atoms with Crippen molar-refractivity contribution in [1.82, 2.24) is 0 Å². The summed E-state index contributed by atoms with van der Waals surface area (Å²) in [5.41, 5.74) is 0. The molecular formula is H9CaLiN2O10. The van der Waals surface area contributed by atoms with Crippen molar-refractivity contribution in [3.05, 3.63) is 30.6 Å². The number of hydrogen-bond acceptors (Lipinski definition) is 6. The van der Waals surface area contributed by atoms with Gasteiger partial charge in [0.05, 0.1) is 10.2 Å². The maximum Gasteiger partial charge on any atom is 2.00 e. The van der Waals surface area contributed by atoms with Gasteiger partial charge in [-0.05, 0) is 0 Å². The second-order valence-electron chi connectivity index (χ2n) is 0.447. The Hall–Kier alpha value is 0.0971. The summed E-state index contributed by atoms with van der Waals surface area (Å²) < 4.78 is 0. The van der Waals surface area contributed by atoms with Gasteiger partial charge in [0.15, 0.2) is 0 Å². The van der Waals surface area contributed by atoms with Crippen molar-refractivity contribution in [3.8, 4) is 0 Å². The Kier molecular flexibility index (Phi) is 240. The Morgan fingerprint density at radius 2 is 0.714 bits per heavy atom. The van der Waals surface area contributed by atoms with Gasteiger partial charge in [-0.15, -0.1) is 0 Å². The summed E-state index contributed by atoms with van der Waals surface area (Å²) in [6, 6.07) is 0. The molecule has 82 valence electrons. The fourth-order valence-corrected chi connectivity index (χ4v) is 0. The van der Waals surface area contributed by atoms with Gasteiger partial charge in [0.1, 0.15) is 0 Å². The molecule has 14 heteroatoms. The van der Waals surface area contributed by atoms with Crippen molar-refractivity contribution in [2.45, 2.75) is 0 Å². The minimum atomic E-state index is -1.75. The summed E-state index contributed by atoms with van der Waals surface area (Å²) in [5.74, 6) is 0. The van der Waals surface area contributed by atoms with E-state index in [1.165, 1.54) is 0 Å². The molecule has 0 aliphatic rings. The van der Waals surface area contributed by atoms with E-state index in [0.717, 1.165) is 0 Å². The van der Waals surface area contributed by atoms with Crippen molar-refractivity contribution < 1.29 is 52.4 Å². The topological polar surface area (TPSA) is 258 Å².